The van der Waals surface area contributed by atoms with Crippen LogP contribution in [0.25, 0.3) is 11.0 Å². The molecule has 0 atom stereocenters. The lowest BCUT2D eigenvalue weighted by molar-refractivity contribution is 0.411. The zero-order chi connectivity index (χ0) is 14.8. The number of hydrogen-bond donors (Lipinski definition) is 0. The van der Waals surface area contributed by atoms with Gasteiger partial charge in [-0.15, -0.1) is 0 Å². The van der Waals surface area contributed by atoms with Crippen molar-refractivity contribution in [2.75, 3.05) is 7.11 Å². The van der Waals surface area contributed by atoms with Gasteiger partial charge in [0.15, 0.2) is 11.6 Å². The van der Waals surface area contributed by atoms with E-state index in [4.69, 9.17) is 13.9 Å². The average molecular weight is 286 g/mol. The number of hydrogen-bond acceptors (Lipinski definition) is 4. The van der Waals surface area contributed by atoms with Gasteiger partial charge in [-0.25, -0.2) is 4.39 Å². The second kappa shape index (κ2) is 5.28. The summed E-state index contributed by atoms with van der Waals surface area (Å²) in [7, 11) is 1.52. The lowest BCUT2D eigenvalue weighted by atomic mass is 10.2. The van der Waals surface area contributed by atoms with Crippen molar-refractivity contribution in [1.29, 1.82) is 0 Å². The molecule has 0 aliphatic heterocycles. The van der Waals surface area contributed by atoms with Crippen molar-refractivity contribution in [3.63, 3.8) is 0 Å². The Morgan fingerprint density at radius 3 is 2.67 bits per heavy atom. The Balaban J connectivity index is 2.07. The van der Waals surface area contributed by atoms with Crippen LogP contribution in [0.2, 0.25) is 0 Å². The van der Waals surface area contributed by atoms with Crippen LogP contribution in [0.1, 0.15) is 0 Å². The van der Waals surface area contributed by atoms with E-state index in [9.17, 15) is 9.18 Å². The molecular weight excluding hydrogens is 275 g/mol. The molecule has 3 rings (SSSR count). The molecule has 106 valence electrons. The fourth-order valence-corrected chi connectivity index (χ4v) is 1.93. The van der Waals surface area contributed by atoms with Gasteiger partial charge >= 0.3 is 0 Å². The first-order valence-electron chi connectivity index (χ1n) is 6.21. The fraction of sp³-hybridized carbons (Fsp3) is 0.0625. The van der Waals surface area contributed by atoms with Crippen molar-refractivity contribution in [3.8, 4) is 17.2 Å². The van der Waals surface area contributed by atoms with E-state index in [2.05, 4.69) is 0 Å². The zero-order valence-corrected chi connectivity index (χ0v) is 11.1. The topological polar surface area (TPSA) is 48.7 Å². The molecule has 4 nitrogen and oxygen atoms in total. The number of methoxy groups -OCH3 is 1. The lowest BCUT2D eigenvalue weighted by Crippen LogP contribution is -2.05. The van der Waals surface area contributed by atoms with Gasteiger partial charge in [0, 0.05) is 6.07 Å². The largest absolute Gasteiger partial charge is 0.497 e. The minimum Gasteiger partial charge on any atom is -0.497 e. The summed E-state index contributed by atoms with van der Waals surface area (Å²) in [5.41, 5.74) is 0.00221. The molecule has 5 heteroatoms. The van der Waals surface area contributed by atoms with Crippen LogP contribution in [-0.4, -0.2) is 7.11 Å². The predicted octanol–water partition coefficient (Wildman–Crippen LogP) is 3.73. The van der Waals surface area contributed by atoms with Gasteiger partial charge in [-0.1, -0.05) is 12.1 Å². The average Bonchev–Trinajstić information content (AvgIpc) is 2.51. The summed E-state index contributed by atoms with van der Waals surface area (Å²) in [6.07, 6.45) is 1.16. The summed E-state index contributed by atoms with van der Waals surface area (Å²) < 4.78 is 29.2. The summed E-state index contributed by atoms with van der Waals surface area (Å²) in [5, 5.41) is 0.338. The Morgan fingerprint density at radius 2 is 1.90 bits per heavy atom. The molecular formula is C16H11FO4. The Morgan fingerprint density at radius 1 is 1.10 bits per heavy atom. The summed E-state index contributed by atoms with van der Waals surface area (Å²) >= 11 is 0. The van der Waals surface area contributed by atoms with Crippen molar-refractivity contribution in [3.05, 3.63) is 64.8 Å². The van der Waals surface area contributed by atoms with Crippen LogP contribution in [-0.2, 0) is 0 Å². The molecule has 0 unspecified atom stereocenters. The minimum atomic E-state index is -0.549. The van der Waals surface area contributed by atoms with Crippen molar-refractivity contribution < 1.29 is 18.3 Å². The van der Waals surface area contributed by atoms with E-state index in [0.29, 0.717) is 16.7 Å². The molecule has 0 fully saturated rings. The lowest BCUT2D eigenvalue weighted by Gasteiger charge is -2.06. The van der Waals surface area contributed by atoms with E-state index in [1.807, 2.05) is 0 Å². The van der Waals surface area contributed by atoms with Crippen molar-refractivity contribution in [2.24, 2.45) is 0 Å². The maximum absolute atomic E-state index is 13.5. The second-order valence-electron chi connectivity index (χ2n) is 4.32. The zero-order valence-electron chi connectivity index (χ0n) is 11.1. The van der Waals surface area contributed by atoms with Crippen LogP contribution in [0.15, 0.2) is 57.9 Å². The van der Waals surface area contributed by atoms with Crippen LogP contribution < -0.4 is 14.9 Å². The first-order valence-corrected chi connectivity index (χ1v) is 6.21. The van der Waals surface area contributed by atoms with Gasteiger partial charge in [-0.05, 0) is 24.3 Å². The Kier molecular flexibility index (Phi) is 3.31. The molecule has 0 saturated carbocycles. The van der Waals surface area contributed by atoms with Gasteiger partial charge < -0.3 is 13.9 Å². The highest BCUT2D eigenvalue weighted by atomic mass is 19.1. The van der Waals surface area contributed by atoms with Crippen molar-refractivity contribution in [2.45, 2.75) is 0 Å². The number of halogens is 1. The monoisotopic (exact) mass is 286 g/mol. The summed E-state index contributed by atoms with van der Waals surface area (Å²) in [6.45, 7) is 0. The Hall–Kier alpha value is -2.82. The highest BCUT2D eigenvalue weighted by Crippen LogP contribution is 2.25. The van der Waals surface area contributed by atoms with Crippen LogP contribution in [0, 0.1) is 5.82 Å². The summed E-state index contributed by atoms with van der Waals surface area (Å²) in [4.78, 5) is 12.3. The SMILES string of the molecule is COc1ccc2c(=O)c(Oc3ccccc3F)coc2c1. The molecule has 0 aliphatic carbocycles. The van der Waals surface area contributed by atoms with E-state index in [1.165, 1.54) is 25.3 Å². The standard InChI is InChI=1S/C16H11FO4/c1-19-10-6-7-11-14(8-10)20-9-15(16(11)18)21-13-5-3-2-4-12(13)17/h2-9H,1H3. The fourth-order valence-electron chi connectivity index (χ4n) is 1.93. The molecule has 0 spiro atoms. The smallest absolute Gasteiger partial charge is 0.235 e. The van der Waals surface area contributed by atoms with Crippen LogP contribution in [0.5, 0.6) is 17.2 Å². The van der Waals surface area contributed by atoms with Gasteiger partial charge in [0.05, 0.1) is 12.5 Å². The molecule has 0 bridgehead atoms. The van der Waals surface area contributed by atoms with E-state index in [1.54, 1.807) is 24.3 Å². The molecule has 2 aromatic carbocycles. The quantitative estimate of drug-likeness (QED) is 0.736. The Bertz CT molecular complexity index is 854. The molecule has 1 heterocycles. The second-order valence-corrected chi connectivity index (χ2v) is 4.32. The number of ether oxygens (including phenoxy) is 2. The third-order valence-electron chi connectivity index (χ3n) is 3.01. The van der Waals surface area contributed by atoms with Gasteiger partial charge in [-0.2, -0.15) is 0 Å². The van der Waals surface area contributed by atoms with Crippen molar-refractivity contribution in [1.82, 2.24) is 0 Å². The summed E-state index contributed by atoms with van der Waals surface area (Å²) in [5.74, 6) is -0.0735. The molecule has 0 N–H and O–H groups in total. The third-order valence-corrected chi connectivity index (χ3v) is 3.01. The number of fused-ring (bicyclic) bond motifs is 1. The first-order chi connectivity index (χ1) is 10.2. The van der Waals surface area contributed by atoms with E-state index in [0.717, 1.165) is 6.26 Å². The molecule has 1 aromatic heterocycles. The van der Waals surface area contributed by atoms with Gasteiger partial charge in [0.2, 0.25) is 11.2 Å². The van der Waals surface area contributed by atoms with Crippen LogP contribution in [0.3, 0.4) is 0 Å². The minimum absolute atomic E-state index is 0.0299. The highest BCUT2D eigenvalue weighted by molar-refractivity contribution is 5.79. The van der Waals surface area contributed by atoms with E-state index >= 15 is 0 Å². The van der Waals surface area contributed by atoms with Gasteiger partial charge in [0.25, 0.3) is 0 Å². The molecule has 21 heavy (non-hydrogen) atoms. The van der Waals surface area contributed by atoms with Crippen LogP contribution in [0.4, 0.5) is 4.39 Å². The molecule has 3 aromatic rings. The Labute approximate surface area is 119 Å². The molecule has 0 saturated heterocycles. The molecule has 0 amide bonds. The maximum Gasteiger partial charge on any atom is 0.235 e. The molecule has 0 radical (unpaired) electrons. The van der Waals surface area contributed by atoms with Gasteiger partial charge in [-0.3, -0.25) is 4.79 Å². The number of para-hydroxylation sites is 1. The summed E-state index contributed by atoms with van der Waals surface area (Å²) in [6, 6.07) is 10.7. The highest BCUT2D eigenvalue weighted by Gasteiger charge is 2.11. The number of benzene rings is 2. The van der Waals surface area contributed by atoms with E-state index < -0.39 is 5.82 Å². The van der Waals surface area contributed by atoms with Gasteiger partial charge in [0.1, 0.15) is 17.6 Å². The third kappa shape index (κ3) is 2.45. The predicted molar refractivity (Wildman–Crippen MR) is 75.5 cm³/mol. The van der Waals surface area contributed by atoms with E-state index in [-0.39, 0.29) is 16.9 Å². The number of rotatable bonds is 3. The maximum atomic E-state index is 13.5. The van der Waals surface area contributed by atoms with Crippen molar-refractivity contribution >= 4 is 11.0 Å². The molecule has 0 aliphatic rings. The van der Waals surface area contributed by atoms with Crippen LogP contribution >= 0.6 is 0 Å². The first kappa shape index (κ1) is 13.2. The normalized spacial score (nSPS) is 10.6.